The molecule has 0 bridgehead atoms. The van der Waals surface area contributed by atoms with Crippen LogP contribution in [0.25, 0.3) is 21.8 Å². The van der Waals surface area contributed by atoms with Gasteiger partial charge in [0.1, 0.15) is 0 Å². The summed E-state index contributed by atoms with van der Waals surface area (Å²) < 4.78 is 0.856. The van der Waals surface area contributed by atoms with E-state index in [4.69, 9.17) is 0 Å². The second-order valence-corrected chi connectivity index (χ2v) is 9.85. The van der Waals surface area contributed by atoms with Gasteiger partial charge >= 0.3 is 0 Å². The lowest BCUT2D eigenvalue weighted by molar-refractivity contribution is 0.0735. The minimum absolute atomic E-state index is 0.0580. The smallest absolute Gasteiger partial charge is 0.258 e. The fourth-order valence-corrected chi connectivity index (χ4v) is 4.99. The van der Waals surface area contributed by atoms with Crippen molar-refractivity contribution in [2.24, 2.45) is 0 Å². The van der Waals surface area contributed by atoms with Crippen molar-refractivity contribution in [1.29, 1.82) is 0 Å². The first kappa shape index (κ1) is 23.1. The van der Waals surface area contributed by atoms with E-state index < -0.39 is 0 Å². The molecule has 0 fully saturated rings. The van der Waals surface area contributed by atoms with Crippen LogP contribution in [0.4, 0.5) is 5.69 Å². The van der Waals surface area contributed by atoms with Crippen LogP contribution < -0.4 is 10.9 Å². The number of carbonyl (C=O) groups excluding carboxylic acids is 2. The van der Waals surface area contributed by atoms with E-state index in [1.807, 2.05) is 30.3 Å². The number of H-pyrrole nitrogens is 1. The number of anilines is 1. The van der Waals surface area contributed by atoms with Crippen molar-refractivity contribution in [2.45, 2.75) is 13.0 Å². The maximum absolute atomic E-state index is 13.3. The molecule has 0 saturated carbocycles. The standard InChI is InChI=1S/C28H20BrN5O3/c29-21-11-19-10-18(3-5-24(19)30-13-21)28(37)34-8-7-16-1-2-17(9-20(16)14-34)26(35)33-22-4-6-25-23(12-22)27(36)32-15-31-25/h1-6,9-13,15H,7-8,14H2,(H,33,35)(H,31,32,36). The molecular formula is C28H20BrN5O3. The van der Waals surface area contributed by atoms with Gasteiger partial charge in [0.25, 0.3) is 17.4 Å². The molecular weight excluding hydrogens is 534 g/mol. The maximum Gasteiger partial charge on any atom is 0.258 e. The Bertz CT molecular complexity index is 1780. The Balaban J connectivity index is 1.22. The number of halogens is 1. The molecule has 0 atom stereocenters. The summed E-state index contributed by atoms with van der Waals surface area (Å²) in [5, 5.41) is 4.15. The van der Waals surface area contributed by atoms with E-state index in [-0.39, 0.29) is 17.4 Å². The summed E-state index contributed by atoms with van der Waals surface area (Å²) in [5.74, 6) is -0.351. The van der Waals surface area contributed by atoms with Crippen molar-refractivity contribution in [3.8, 4) is 0 Å². The number of pyridine rings is 1. The fourth-order valence-electron chi connectivity index (χ4n) is 4.64. The number of amides is 2. The van der Waals surface area contributed by atoms with Gasteiger partial charge in [-0.05, 0) is 88.1 Å². The van der Waals surface area contributed by atoms with Crippen molar-refractivity contribution in [2.75, 3.05) is 11.9 Å². The number of fused-ring (bicyclic) bond motifs is 3. The number of aromatic nitrogens is 3. The highest BCUT2D eigenvalue weighted by molar-refractivity contribution is 9.10. The van der Waals surface area contributed by atoms with Crippen LogP contribution in [0.15, 0.2) is 82.5 Å². The number of hydrogen-bond acceptors (Lipinski definition) is 5. The Morgan fingerprint density at radius 1 is 0.919 bits per heavy atom. The van der Waals surface area contributed by atoms with Gasteiger partial charge in [0, 0.05) is 46.0 Å². The quantitative estimate of drug-likeness (QED) is 0.337. The topological polar surface area (TPSA) is 108 Å². The first-order valence-corrected chi connectivity index (χ1v) is 12.5. The zero-order valence-electron chi connectivity index (χ0n) is 19.5. The molecule has 37 heavy (non-hydrogen) atoms. The molecule has 0 radical (unpaired) electrons. The van der Waals surface area contributed by atoms with Crippen LogP contribution in [0.5, 0.6) is 0 Å². The Morgan fingerprint density at radius 3 is 2.65 bits per heavy atom. The summed E-state index contributed by atoms with van der Waals surface area (Å²) in [4.78, 5) is 51.2. The molecule has 2 N–H and O–H groups in total. The number of nitrogens with one attached hydrogen (secondary N) is 2. The number of benzene rings is 3. The van der Waals surface area contributed by atoms with Crippen molar-refractivity contribution >= 4 is 55.2 Å². The summed E-state index contributed by atoms with van der Waals surface area (Å²) in [7, 11) is 0. The van der Waals surface area contributed by atoms with Crippen LogP contribution in [0.1, 0.15) is 31.8 Å². The van der Waals surface area contributed by atoms with Gasteiger partial charge in [-0.15, -0.1) is 0 Å². The van der Waals surface area contributed by atoms with Gasteiger partial charge in [-0.3, -0.25) is 19.4 Å². The van der Waals surface area contributed by atoms with Crippen LogP contribution in [-0.4, -0.2) is 38.2 Å². The van der Waals surface area contributed by atoms with Crippen LogP contribution >= 0.6 is 15.9 Å². The number of carbonyl (C=O) groups is 2. The molecule has 2 aromatic heterocycles. The first-order chi connectivity index (χ1) is 17.9. The molecule has 3 heterocycles. The average Bonchev–Trinajstić information content (AvgIpc) is 2.92. The molecule has 8 nitrogen and oxygen atoms in total. The van der Waals surface area contributed by atoms with Crippen LogP contribution in [0.3, 0.4) is 0 Å². The lowest BCUT2D eigenvalue weighted by Crippen LogP contribution is -2.36. The minimum atomic E-state index is -0.293. The third kappa shape index (κ3) is 4.49. The summed E-state index contributed by atoms with van der Waals surface area (Å²) in [5.41, 5.74) is 4.76. The SMILES string of the molecule is O=C(Nc1ccc2nc[nH]c(=O)c2c1)c1ccc2c(c1)CN(C(=O)c1ccc3ncc(Br)cc3c1)CC2. The monoisotopic (exact) mass is 553 g/mol. The molecule has 1 aliphatic rings. The summed E-state index contributed by atoms with van der Waals surface area (Å²) in [6.45, 7) is 1.02. The van der Waals surface area contributed by atoms with E-state index in [0.29, 0.717) is 47.2 Å². The fraction of sp³-hybridized carbons (Fsp3) is 0.107. The Labute approximate surface area is 219 Å². The lowest BCUT2D eigenvalue weighted by atomic mass is 9.96. The van der Waals surface area contributed by atoms with E-state index in [0.717, 1.165) is 26.5 Å². The highest BCUT2D eigenvalue weighted by atomic mass is 79.9. The van der Waals surface area contributed by atoms with Crippen LogP contribution in [0, 0.1) is 0 Å². The third-order valence-electron chi connectivity index (χ3n) is 6.56. The lowest BCUT2D eigenvalue weighted by Gasteiger charge is -2.29. The van der Waals surface area contributed by atoms with E-state index in [2.05, 4.69) is 36.2 Å². The van der Waals surface area contributed by atoms with Gasteiger partial charge in [0.2, 0.25) is 0 Å². The van der Waals surface area contributed by atoms with Gasteiger partial charge in [0.05, 0.1) is 22.7 Å². The second-order valence-electron chi connectivity index (χ2n) is 8.94. The Hall–Kier alpha value is -4.37. The number of hydrogen-bond donors (Lipinski definition) is 2. The Kier molecular flexibility index (Phi) is 5.77. The normalized spacial score (nSPS) is 12.9. The van der Waals surface area contributed by atoms with Crippen LogP contribution in [0.2, 0.25) is 0 Å². The van der Waals surface area contributed by atoms with E-state index in [1.165, 1.54) is 6.33 Å². The summed E-state index contributed by atoms with van der Waals surface area (Å²) in [6, 6.07) is 18.0. The number of nitrogens with zero attached hydrogens (tertiary/aromatic N) is 3. The molecule has 9 heteroatoms. The van der Waals surface area contributed by atoms with E-state index >= 15 is 0 Å². The molecule has 0 saturated heterocycles. The Morgan fingerprint density at radius 2 is 1.76 bits per heavy atom. The minimum Gasteiger partial charge on any atom is -0.334 e. The van der Waals surface area contributed by atoms with Crippen molar-refractivity contribution in [3.05, 3.63) is 110 Å². The largest absolute Gasteiger partial charge is 0.334 e. The van der Waals surface area contributed by atoms with Gasteiger partial charge < -0.3 is 15.2 Å². The maximum atomic E-state index is 13.3. The molecule has 2 amide bonds. The number of rotatable bonds is 3. The third-order valence-corrected chi connectivity index (χ3v) is 6.99. The molecule has 0 unspecified atom stereocenters. The summed E-state index contributed by atoms with van der Waals surface area (Å²) >= 11 is 3.43. The average molecular weight is 554 g/mol. The van der Waals surface area contributed by atoms with Crippen LogP contribution in [-0.2, 0) is 13.0 Å². The highest BCUT2D eigenvalue weighted by Crippen LogP contribution is 2.25. The predicted octanol–water partition coefficient (Wildman–Crippen LogP) is 4.68. The van der Waals surface area contributed by atoms with E-state index in [1.54, 1.807) is 41.4 Å². The predicted molar refractivity (Wildman–Crippen MR) is 145 cm³/mol. The van der Waals surface area contributed by atoms with Gasteiger partial charge in [-0.25, -0.2) is 4.98 Å². The zero-order chi connectivity index (χ0) is 25.5. The molecule has 6 rings (SSSR count). The first-order valence-electron chi connectivity index (χ1n) is 11.7. The van der Waals surface area contributed by atoms with Crippen molar-refractivity contribution < 1.29 is 9.59 Å². The number of aromatic amines is 1. The van der Waals surface area contributed by atoms with Gasteiger partial charge in [0.15, 0.2) is 0 Å². The molecule has 0 spiro atoms. The molecule has 5 aromatic rings. The second kappa shape index (κ2) is 9.25. The van der Waals surface area contributed by atoms with Gasteiger partial charge in [-0.1, -0.05) is 6.07 Å². The van der Waals surface area contributed by atoms with Crippen molar-refractivity contribution in [1.82, 2.24) is 19.9 Å². The van der Waals surface area contributed by atoms with Gasteiger partial charge in [-0.2, -0.15) is 0 Å². The van der Waals surface area contributed by atoms with E-state index in [9.17, 15) is 14.4 Å². The molecule has 1 aliphatic heterocycles. The molecule has 3 aromatic carbocycles. The highest BCUT2D eigenvalue weighted by Gasteiger charge is 2.23. The summed E-state index contributed by atoms with van der Waals surface area (Å²) in [6.07, 6.45) is 3.79. The zero-order valence-corrected chi connectivity index (χ0v) is 21.1. The molecule has 182 valence electrons. The van der Waals surface area contributed by atoms with Crippen molar-refractivity contribution in [3.63, 3.8) is 0 Å². The molecule has 0 aliphatic carbocycles.